The van der Waals surface area contributed by atoms with Crippen LogP contribution in [0, 0.1) is 23.0 Å². The van der Waals surface area contributed by atoms with Crippen molar-refractivity contribution < 1.29 is 8.78 Å². The van der Waals surface area contributed by atoms with E-state index in [2.05, 4.69) is 11.0 Å². The molecule has 1 heterocycles. The van der Waals surface area contributed by atoms with Crippen molar-refractivity contribution in [3.63, 3.8) is 0 Å². The summed E-state index contributed by atoms with van der Waals surface area (Å²) < 4.78 is 26.4. The lowest BCUT2D eigenvalue weighted by molar-refractivity contribution is 0.206. The molecule has 2 rings (SSSR count). The molecule has 2 nitrogen and oxygen atoms in total. The van der Waals surface area contributed by atoms with E-state index in [4.69, 9.17) is 0 Å². The van der Waals surface area contributed by atoms with Crippen molar-refractivity contribution in [1.82, 2.24) is 4.90 Å². The molecule has 1 saturated heterocycles. The molecule has 1 aliphatic heterocycles. The molecular weight excluding hydrogens is 266 g/mol. The number of halogens is 2. The number of rotatable bonds is 3. The number of thioether (sulfide) groups is 1. The van der Waals surface area contributed by atoms with E-state index >= 15 is 0 Å². The number of likely N-dealkylation sites (tertiary alicyclic amines) is 1. The van der Waals surface area contributed by atoms with Gasteiger partial charge in [0.05, 0.1) is 6.07 Å². The second-order valence-electron chi connectivity index (χ2n) is 4.80. The summed E-state index contributed by atoms with van der Waals surface area (Å²) in [4.78, 5) is 2.07. The molecule has 0 atom stereocenters. The van der Waals surface area contributed by atoms with E-state index < -0.39 is 11.6 Å². The molecule has 1 fully saturated rings. The highest BCUT2D eigenvalue weighted by Gasteiger charge is 2.33. The molecule has 1 aliphatic rings. The number of benzene rings is 1. The molecule has 0 aromatic heterocycles. The highest BCUT2D eigenvalue weighted by Crippen LogP contribution is 2.34. The van der Waals surface area contributed by atoms with Gasteiger partial charge in [-0.2, -0.15) is 5.26 Å². The first kappa shape index (κ1) is 14.3. The van der Waals surface area contributed by atoms with Gasteiger partial charge < -0.3 is 0 Å². The average Bonchev–Trinajstić information content (AvgIpc) is 2.45. The van der Waals surface area contributed by atoms with Crippen LogP contribution in [-0.4, -0.2) is 29.0 Å². The third kappa shape index (κ3) is 3.07. The van der Waals surface area contributed by atoms with Crippen molar-refractivity contribution in [2.45, 2.75) is 24.1 Å². The Morgan fingerprint density at radius 2 is 2.05 bits per heavy atom. The topological polar surface area (TPSA) is 27.0 Å². The lowest BCUT2D eigenvalue weighted by Gasteiger charge is -2.36. The van der Waals surface area contributed by atoms with Gasteiger partial charge in [-0.05, 0) is 25.2 Å². The summed E-state index contributed by atoms with van der Waals surface area (Å²) in [5.41, 5.74) is 0.383. The summed E-state index contributed by atoms with van der Waals surface area (Å²) in [6.07, 6.45) is 3.48. The van der Waals surface area contributed by atoms with Crippen LogP contribution in [0.3, 0.4) is 0 Å². The van der Waals surface area contributed by atoms with Crippen LogP contribution < -0.4 is 0 Å². The third-order valence-corrected chi connectivity index (χ3v) is 4.96. The first-order valence-corrected chi connectivity index (χ1v) is 7.44. The van der Waals surface area contributed by atoms with E-state index in [1.807, 2.05) is 6.26 Å². The maximum Gasteiger partial charge on any atom is 0.163 e. The molecule has 0 amide bonds. The monoisotopic (exact) mass is 282 g/mol. The van der Waals surface area contributed by atoms with E-state index in [1.165, 1.54) is 6.07 Å². The van der Waals surface area contributed by atoms with Gasteiger partial charge in [-0.3, -0.25) is 4.90 Å². The Morgan fingerprint density at radius 1 is 1.37 bits per heavy atom. The summed E-state index contributed by atoms with van der Waals surface area (Å²) in [7, 11) is 0. The second kappa shape index (κ2) is 5.89. The normalized spacial score (nSPS) is 19.1. The van der Waals surface area contributed by atoms with Gasteiger partial charge in [0.15, 0.2) is 11.6 Å². The molecule has 1 aromatic rings. The standard InChI is InChI=1S/C14H16F2N2S/c1-19-14(10-17)5-7-18(8-6-14)9-11-3-2-4-12(15)13(11)16/h2-4H,5-9H2,1H3. The molecule has 0 N–H and O–H groups in total. The van der Waals surface area contributed by atoms with Crippen LogP contribution in [0.5, 0.6) is 0 Å². The number of piperidine rings is 1. The van der Waals surface area contributed by atoms with Crippen LogP contribution in [-0.2, 0) is 6.54 Å². The van der Waals surface area contributed by atoms with Crippen molar-refractivity contribution in [2.24, 2.45) is 0 Å². The molecule has 1 aromatic carbocycles. The minimum Gasteiger partial charge on any atom is -0.299 e. The fourth-order valence-corrected chi connectivity index (χ4v) is 3.03. The first-order chi connectivity index (χ1) is 9.10. The van der Waals surface area contributed by atoms with Crippen LogP contribution in [0.25, 0.3) is 0 Å². The van der Waals surface area contributed by atoms with Crippen molar-refractivity contribution in [3.05, 3.63) is 35.4 Å². The Kier molecular flexibility index (Phi) is 4.43. The summed E-state index contributed by atoms with van der Waals surface area (Å²) in [6, 6.07) is 6.64. The molecule has 0 aliphatic carbocycles. The summed E-state index contributed by atoms with van der Waals surface area (Å²) in [5, 5.41) is 9.20. The fourth-order valence-electron chi connectivity index (χ4n) is 2.35. The number of hydrogen-bond acceptors (Lipinski definition) is 3. The quantitative estimate of drug-likeness (QED) is 0.852. The van der Waals surface area contributed by atoms with Crippen LogP contribution in [0.4, 0.5) is 8.78 Å². The zero-order valence-electron chi connectivity index (χ0n) is 10.8. The Morgan fingerprint density at radius 3 is 2.63 bits per heavy atom. The van der Waals surface area contributed by atoms with E-state index in [0.29, 0.717) is 12.1 Å². The third-order valence-electron chi connectivity index (χ3n) is 3.68. The summed E-state index contributed by atoms with van der Waals surface area (Å²) in [6.45, 7) is 1.88. The molecule has 19 heavy (non-hydrogen) atoms. The first-order valence-electron chi connectivity index (χ1n) is 6.22. The SMILES string of the molecule is CSC1(C#N)CCN(Cc2cccc(F)c2F)CC1. The molecular formula is C14H16F2N2S. The molecule has 0 unspecified atom stereocenters. The lowest BCUT2D eigenvalue weighted by atomic mass is 9.97. The molecule has 102 valence electrons. The minimum absolute atomic E-state index is 0.309. The Hall–Kier alpha value is -1.12. The van der Waals surface area contributed by atoms with E-state index in [1.54, 1.807) is 17.8 Å². The maximum absolute atomic E-state index is 13.6. The van der Waals surface area contributed by atoms with Gasteiger partial charge in [0.1, 0.15) is 4.75 Å². The van der Waals surface area contributed by atoms with Crippen LogP contribution in [0.2, 0.25) is 0 Å². The second-order valence-corrected chi connectivity index (χ2v) is 5.99. The zero-order valence-corrected chi connectivity index (χ0v) is 11.6. The average molecular weight is 282 g/mol. The molecule has 0 saturated carbocycles. The van der Waals surface area contributed by atoms with Gasteiger partial charge >= 0.3 is 0 Å². The number of nitriles is 1. The summed E-state index contributed by atoms with van der Waals surface area (Å²) >= 11 is 1.59. The van der Waals surface area contributed by atoms with Crippen molar-refractivity contribution >= 4 is 11.8 Å². The molecule has 0 spiro atoms. The highest BCUT2D eigenvalue weighted by molar-refractivity contribution is 8.00. The Labute approximate surface area is 116 Å². The molecule has 0 bridgehead atoms. The lowest BCUT2D eigenvalue weighted by Crippen LogP contribution is -2.41. The van der Waals surface area contributed by atoms with Gasteiger partial charge in [0.25, 0.3) is 0 Å². The van der Waals surface area contributed by atoms with Gasteiger partial charge in [-0.1, -0.05) is 12.1 Å². The van der Waals surface area contributed by atoms with E-state index in [9.17, 15) is 14.0 Å². The van der Waals surface area contributed by atoms with Gasteiger partial charge in [-0.25, -0.2) is 8.78 Å². The zero-order chi connectivity index (χ0) is 13.9. The molecule has 5 heteroatoms. The number of nitrogens with zero attached hydrogens (tertiary/aromatic N) is 2. The van der Waals surface area contributed by atoms with E-state index in [0.717, 1.165) is 32.0 Å². The predicted molar refractivity (Wildman–Crippen MR) is 72.7 cm³/mol. The van der Waals surface area contributed by atoms with Crippen LogP contribution >= 0.6 is 11.8 Å². The molecule has 0 radical (unpaired) electrons. The smallest absolute Gasteiger partial charge is 0.163 e. The number of hydrogen-bond donors (Lipinski definition) is 0. The van der Waals surface area contributed by atoms with E-state index in [-0.39, 0.29) is 4.75 Å². The largest absolute Gasteiger partial charge is 0.299 e. The van der Waals surface area contributed by atoms with Crippen molar-refractivity contribution in [3.8, 4) is 6.07 Å². The highest BCUT2D eigenvalue weighted by atomic mass is 32.2. The fraction of sp³-hybridized carbons (Fsp3) is 0.500. The van der Waals surface area contributed by atoms with Crippen molar-refractivity contribution in [1.29, 1.82) is 5.26 Å². The predicted octanol–water partition coefficient (Wildman–Crippen LogP) is 3.19. The Balaban J connectivity index is 2.00. The van der Waals surface area contributed by atoms with Crippen molar-refractivity contribution in [2.75, 3.05) is 19.3 Å². The van der Waals surface area contributed by atoms with Gasteiger partial charge in [-0.15, -0.1) is 11.8 Å². The van der Waals surface area contributed by atoms with Gasteiger partial charge in [0.2, 0.25) is 0 Å². The summed E-state index contributed by atoms with van der Waals surface area (Å²) in [5.74, 6) is -1.56. The minimum atomic E-state index is -0.801. The van der Waals surface area contributed by atoms with Crippen LogP contribution in [0.15, 0.2) is 18.2 Å². The Bertz CT molecular complexity index is 491. The maximum atomic E-state index is 13.6. The van der Waals surface area contributed by atoms with Crippen LogP contribution in [0.1, 0.15) is 18.4 Å². The van der Waals surface area contributed by atoms with Gasteiger partial charge in [0, 0.05) is 25.2 Å².